The second kappa shape index (κ2) is 17.3. The summed E-state index contributed by atoms with van der Waals surface area (Å²) in [5.41, 5.74) is 2.06. The van der Waals surface area contributed by atoms with Crippen molar-refractivity contribution in [1.29, 1.82) is 0 Å². The van der Waals surface area contributed by atoms with Crippen LogP contribution in [0.3, 0.4) is 0 Å². The van der Waals surface area contributed by atoms with E-state index in [-0.39, 0.29) is 24.1 Å². The largest absolute Gasteiger partial charge is 0.463 e. The molecule has 14 unspecified atom stereocenters. The fourth-order valence-electron chi connectivity index (χ4n) is 11.0. The molecule has 1 aliphatic heterocycles. The van der Waals surface area contributed by atoms with E-state index in [4.69, 9.17) is 14.2 Å². The number of rotatable bonds is 15. The van der Waals surface area contributed by atoms with Crippen molar-refractivity contribution in [2.45, 2.75) is 182 Å². The van der Waals surface area contributed by atoms with Crippen molar-refractivity contribution in [2.24, 2.45) is 52.3 Å². The van der Waals surface area contributed by atoms with Gasteiger partial charge in [-0.25, -0.2) is 0 Å². The third-order valence-electron chi connectivity index (χ3n) is 14.7. The zero-order valence-electron chi connectivity index (χ0n) is 32.5. The molecule has 3 N–H and O–H groups in total. The lowest BCUT2D eigenvalue weighted by molar-refractivity contribution is -0.313. The molecule has 0 radical (unpaired) electrons. The number of hydrogen-bond acceptors (Lipinski definition) is 7. The van der Waals surface area contributed by atoms with Crippen LogP contribution in [0, 0.1) is 52.3 Å². The van der Waals surface area contributed by atoms with Crippen molar-refractivity contribution in [3.63, 3.8) is 0 Å². The van der Waals surface area contributed by atoms with Crippen molar-refractivity contribution in [1.82, 2.24) is 0 Å². The van der Waals surface area contributed by atoms with Crippen molar-refractivity contribution in [3.05, 3.63) is 23.8 Å². The molecule has 5 rings (SSSR count). The Kier molecular flexibility index (Phi) is 13.8. The normalized spacial score (nSPS) is 41.3. The van der Waals surface area contributed by atoms with Gasteiger partial charge < -0.3 is 29.5 Å². The van der Waals surface area contributed by atoms with Crippen LogP contribution < -0.4 is 0 Å². The number of carbonyl (C=O) groups is 1. The molecule has 5 aliphatic rings. The van der Waals surface area contributed by atoms with Crippen LogP contribution in [0.2, 0.25) is 0 Å². The minimum absolute atomic E-state index is 0.144. The van der Waals surface area contributed by atoms with Gasteiger partial charge in [0.25, 0.3) is 0 Å². The number of allylic oxidation sites excluding steroid dienone is 3. The number of hydrogen-bond donors (Lipinski definition) is 3. The predicted octanol–water partition coefficient (Wildman–Crippen LogP) is 8.54. The number of ether oxygens (including phenoxy) is 3. The Balaban J connectivity index is 1.16. The lowest BCUT2D eigenvalue weighted by Crippen LogP contribution is -2.60. The predicted molar refractivity (Wildman–Crippen MR) is 198 cm³/mol. The van der Waals surface area contributed by atoms with Gasteiger partial charge in [-0.2, -0.15) is 0 Å². The molecule has 50 heavy (non-hydrogen) atoms. The van der Waals surface area contributed by atoms with Crippen LogP contribution in [0.4, 0.5) is 0 Å². The number of esters is 1. The lowest BCUT2D eigenvalue weighted by Gasteiger charge is -2.58. The Morgan fingerprint density at radius 1 is 0.920 bits per heavy atom. The molecule has 4 fully saturated rings. The van der Waals surface area contributed by atoms with Gasteiger partial charge in [-0.3, -0.25) is 4.79 Å². The topological polar surface area (TPSA) is 105 Å². The SMILES string of the molecule is CCCCCCCCC(=O)OCC1OC(OC2CCC3(C)C(=CCC4C3CCC3(C)C(C(C)/C=C/C(C)C(C)C)CCC43)C2)C(O)C(O)C1O. The maximum absolute atomic E-state index is 12.4. The lowest BCUT2D eigenvalue weighted by atomic mass is 9.47. The zero-order valence-corrected chi connectivity index (χ0v) is 32.5. The Morgan fingerprint density at radius 3 is 2.40 bits per heavy atom. The molecule has 0 amide bonds. The third-order valence-corrected chi connectivity index (χ3v) is 14.7. The maximum atomic E-state index is 12.4. The summed E-state index contributed by atoms with van der Waals surface area (Å²) in [7, 11) is 0. The number of aliphatic hydroxyl groups excluding tert-OH is 3. The minimum Gasteiger partial charge on any atom is -0.463 e. The molecule has 0 aromatic carbocycles. The van der Waals surface area contributed by atoms with Gasteiger partial charge in [0.2, 0.25) is 0 Å². The second-order valence-electron chi connectivity index (χ2n) is 18.1. The van der Waals surface area contributed by atoms with Crippen molar-refractivity contribution in [2.75, 3.05) is 6.61 Å². The van der Waals surface area contributed by atoms with Gasteiger partial charge in [0.15, 0.2) is 6.29 Å². The summed E-state index contributed by atoms with van der Waals surface area (Å²) in [6.07, 6.45) is 17.1. The number of unbranched alkanes of at least 4 members (excludes halogenated alkanes) is 5. The molecular formula is C43H72O7. The van der Waals surface area contributed by atoms with Gasteiger partial charge >= 0.3 is 5.97 Å². The number of carbonyl (C=O) groups excluding carboxylic acids is 1. The summed E-state index contributed by atoms with van der Waals surface area (Å²) in [5.74, 6) is 4.55. The van der Waals surface area contributed by atoms with Gasteiger partial charge in [-0.05, 0) is 110 Å². The van der Waals surface area contributed by atoms with Crippen molar-refractivity contribution < 1.29 is 34.3 Å². The molecule has 7 nitrogen and oxygen atoms in total. The van der Waals surface area contributed by atoms with Gasteiger partial charge in [0.05, 0.1) is 6.10 Å². The monoisotopic (exact) mass is 701 g/mol. The summed E-state index contributed by atoms with van der Waals surface area (Å²) in [4.78, 5) is 12.4. The molecule has 0 spiro atoms. The molecule has 3 saturated carbocycles. The van der Waals surface area contributed by atoms with E-state index in [1.165, 1.54) is 50.5 Å². The van der Waals surface area contributed by atoms with Gasteiger partial charge in [0.1, 0.15) is 31.0 Å². The molecule has 0 aromatic heterocycles. The summed E-state index contributed by atoms with van der Waals surface area (Å²) in [6.45, 7) is 16.6. The maximum Gasteiger partial charge on any atom is 0.305 e. The fourth-order valence-corrected chi connectivity index (χ4v) is 11.0. The zero-order chi connectivity index (χ0) is 36.2. The Bertz CT molecular complexity index is 1170. The molecule has 0 bridgehead atoms. The van der Waals surface area contributed by atoms with Crippen molar-refractivity contribution >= 4 is 5.97 Å². The molecule has 7 heteroatoms. The van der Waals surface area contributed by atoms with Gasteiger partial charge in [-0.1, -0.05) is 104 Å². The first-order valence-corrected chi connectivity index (χ1v) is 20.7. The summed E-state index contributed by atoms with van der Waals surface area (Å²) >= 11 is 0. The van der Waals surface area contributed by atoms with Crippen LogP contribution in [0.25, 0.3) is 0 Å². The van der Waals surface area contributed by atoms with Crippen LogP contribution in [0.5, 0.6) is 0 Å². The number of aliphatic hydroxyl groups is 3. The molecule has 4 aliphatic carbocycles. The first-order chi connectivity index (χ1) is 23.8. The second-order valence-corrected chi connectivity index (χ2v) is 18.1. The third kappa shape index (κ3) is 8.59. The van der Waals surface area contributed by atoms with Gasteiger partial charge in [-0.15, -0.1) is 0 Å². The van der Waals surface area contributed by atoms with E-state index in [2.05, 4.69) is 66.7 Å². The smallest absolute Gasteiger partial charge is 0.305 e. The van der Waals surface area contributed by atoms with Crippen LogP contribution in [-0.2, 0) is 19.0 Å². The first kappa shape index (κ1) is 39.9. The quantitative estimate of drug-likeness (QED) is 0.0894. The first-order valence-electron chi connectivity index (χ1n) is 20.7. The average Bonchev–Trinajstić information content (AvgIpc) is 3.45. The highest BCUT2D eigenvalue weighted by Crippen LogP contribution is 2.67. The highest BCUT2D eigenvalue weighted by atomic mass is 16.7. The highest BCUT2D eigenvalue weighted by Gasteiger charge is 2.59. The fraction of sp³-hybridized carbons (Fsp3) is 0.884. The van der Waals surface area contributed by atoms with Crippen molar-refractivity contribution in [3.8, 4) is 0 Å². The van der Waals surface area contributed by atoms with Crippen LogP contribution >= 0.6 is 0 Å². The van der Waals surface area contributed by atoms with Crippen LogP contribution in [-0.4, -0.2) is 64.7 Å². The van der Waals surface area contributed by atoms with E-state index in [1.54, 1.807) is 0 Å². The molecule has 1 saturated heterocycles. The minimum atomic E-state index is -1.44. The average molecular weight is 701 g/mol. The Labute approximate surface area is 304 Å². The molecule has 14 atom stereocenters. The summed E-state index contributed by atoms with van der Waals surface area (Å²) in [5, 5.41) is 32.2. The van der Waals surface area contributed by atoms with Gasteiger partial charge in [0, 0.05) is 6.42 Å². The molecule has 0 aromatic rings. The van der Waals surface area contributed by atoms with E-state index in [0.717, 1.165) is 62.7 Å². The van der Waals surface area contributed by atoms with E-state index >= 15 is 0 Å². The van der Waals surface area contributed by atoms with E-state index in [0.29, 0.717) is 35.5 Å². The van der Waals surface area contributed by atoms with Crippen LogP contribution in [0.15, 0.2) is 23.8 Å². The number of fused-ring (bicyclic) bond motifs is 5. The van der Waals surface area contributed by atoms with E-state index in [1.807, 2.05) is 0 Å². The summed E-state index contributed by atoms with van der Waals surface area (Å²) < 4.78 is 17.8. The molecular weight excluding hydrogens is 628 g/mol. The van der Waals surface area contributed by atoms with E-state index < -0.39 is 30.7 Å². The molecule has 1 heterocycles. The van der Waals surface area contributed by atoms with E-state index in [9.17, 15) is 20.1 Å². The Hall–Kier alpha value is -1.25. The Morgan fingerprint density at radius 2 is 1.66 bits per heavy atom. The standard InChI is InChI=1S/C43H72O7/c1-8-9-10-11-12-13-14-37(44)48-26-36-38(45)39(46)40(47)41(50-36)49-31-21-23-42(6)30(25-31)17-18-32-34-20-19-33(43(34,7)24-22-35(32)42)29(5)16-15-28(4)27(2)3/h15-17,27-29,31-36,38-41,45-47H,8-14,18-26H2,1-7H3/b16-15+. The van der Waals surface area contributed by atoms with Crippen LogP contribution in [0.1, 0.15) is 145 Å². The molecule has 286 valence electrons. The summed E-state index contributed by atoms with van der Waals surface area (Å²) in [6, 6.07) is 0. The highest BCUT2D eigenvalue weighted by molar-refractivity contribution is 5.69.